The van der Waals surface area contributed by atoms with Crippen LogP contribution in [0.2, 0.25) is 0 Å². The van der Waals surface area contributed by atoms with E-state index in [4.69, 9.17) is 4.74 Å². The average molecular weight is 640 g/mol. The van der Waals surface area contributed by atoms with Gasteiger partial charge in [-0.1, -0.05) is 43.3 Å². The minimum atomic E-state index is -1.31. The monoisotopic (exact) mass is 639 g/mol. The SMILES string of the molecule is CCOc1ccc(/C=C(/NC(=O)c2ccccc2)C(=O)Nc2cccc(SC(CC)C(=O)Nc3ccc(O)c(C(=O)O)c3)c2)cc1. The Balaban J connectivity index is 1.50. The van der Waals surface area contributed by atoms with Gasteiger partial charge in [0.25, 0.3) is 11.8 Å². The van der Waals surface area contributed by atoms with Crippen LogP contribution in [-0.2, 0) is 9.59 Å². The largest absolute Gasteiger partial charge is 0.507 e. The second kappa shape index (κ2) is 16.0. The Morgan fingerprint density at radius 3 is 2.24 bits per heavy atom. The molecule has 0 bridgehead atoms. The molecule has 0 radical (unpaired) electrons. The lowest BCUT2D eigenvalue weighted by Crippen LogP contribution is -2.30. The van der Waals surface area contributed by atoms with E-state index in [-0.39, 0.29) is 22.9 Å². The molecule has 0 spiro atoms. The van der Waals surface area contributed by atoms with E-state index in [1.54, 1.807) is 84.9 Å². The van der Waals surface area contributed by atoms with E-state index in [1.165, 1.54) is 30.0 Å². The Bertz CT molecular complexity index is 1740. The molecule has 46 heavy (non-hydrogen) atoms. The number of anilines is 2. The fourth-order valence-electron chi connectivity index (χ4n) is 4.28. The van der Waals surface area contributed by atoms with Crippen molar-refractivity contribution in [3.05, 3.63) is 119 Å². The molecule has 0 heterocycles. The van der Waals surface area contributed by atoms with Crippen LogP contribution in [0.4, 0.5) is 11.4 Å². The van der Waals surface area contributed by atoms with Crippen LogP contribution in [0, 0.1) is 0 Å². The van der Waals surface area contributed by atoms with Gasteiger partial charge in [-0.05, 0) is 85.6 Å². The normalized spacial score (nSPS) is 11.7. The van der Waals surface area contributed by atoms with Gasteiger partial charge < -0.3 is 30.9 Å². The molecule has 0 aliphatic carbocycles. The third-order valence-corrected chi connectivity index (χ3v) is 7.92. The quantitative estimate of drug-likeness (QED) is 0.0639. The van der Waals surface area contributed by atoms with Gasteiger partial charge in [-0.2, -0.15) is 0 Å². The van der Waals surface area contributed by atoms with Crippen LogP contribution in [-0.4, -0.2) is 45.8 Å². The number of carbonyl (C=O) groups excluding carboxylic acids is 3. The van der Waals surface area contributed by atoms with Crippen molar-refractivity contribution in [3.8, 4) is 11.5 Å². The summed E-state index contributed by atoms with van der Waals surface area (Å²) in [6, 6.07) is 26.4. The Morgan fingerprint density at radius 2 is 1.57 bits per heavy atom. The number of aromatic carboxylic acids is 1. The number of amides is 3. The zero-order valence-corrected chi connectivity index (χ0v) is 26.0. The van der Waals surface area contributed by atoms with Crippen molar-refractivity contribution in [1.29, 1.82) is 0 Å². The van der Waals surface area contributed by atoms with Crippen molar-refractivity contribution in [2.75, 3.05) is 17.2 Å². The first-order valence-electron chi connectivity index (χ1n) is 14.4. The fraction of sp³-hybridized carbons (Fsp3) is 0.143. The van der Waals surface area contributed by atoms with Crippen LogP contribution in [0.25, 0.3) is 6.08 Å². The molecule has 236 valence electrons. The van der Waals surface area contributed by atoms with Crippen molar-refractivity contribution in [3.63, 3.8) is 0 Å². The topological polar surface area (TPSA) is 154 Å². The second-order valence-corrected chi connectivity index (χ2v) is 11.2. The smallest absolute Gasteiger partial charge is 0.339 e. The second-order valence-electron chi connectivity index (χ2n) is 9.90. The maximum atomic E-state index is 13.5. The first kappa shape index (κ1) is 33.3. The Hall–Kier alpha value is -5.55. The van der Waals surface area contributed by atoms with Gasteiger partial charge in [0.1, 0.15) is 22.8 Å². The molecule has 0 saturated heterocycles. The van der Waals surface area contributed by atoms with Gasteiger partial charge in [-0.25, -0.2) is 4.79 Å². The summed E-state index contributed by atoms with van der Waals surface area (Å²) in [7, 11) is 0. The maximum absolute atomic E-state index is 13.5. The number of ether oxygens (including phenoxy) is 1. The average Bonchev–Trinajstić information content (AvgIpc) is 3.05. The van der Waals surface area contributed by atoms with Crippen LogP contribution in [0.3, 0.4) is 0 Å². The van der Waals surface area contributed by atoms with E-state index in [0.717, 1.165) is 0 Å². The third-order valence-electron chi connectivity index (χ3n) is 6.56. The van der Waals surface area contributed by atoms with E-state index in [9.17, 15) is 29.4 Å². The minimum Gasteiger partial charge on any atom is -0.507 e. The summed E-state index contributed by atoms with van der Waals surface area (Å²) < 4.78 is 5.50. The first-order valence-corrected chi connectivity index (χ1v) is 15.3. The summed E-state index contributed by atoms with van der Waals surface area (Å²) in [6.07, 6.45) is 2.03. The summed E-state index contributed by atoms with van der Waals surface area (Å²) in [6.45, 7) is 4.25. The summed E-state index contributed by atoms with van der Waals surface area (Å²) in [5.41, 5.74) is 1.45. The van der Waals surface area contributed by atoms with Gasteiger partial charge >= 0.3 is 5.97 Å². The van der Waals surface area contributed by atoms with E-state index in [2.05, 4.69) is 16.0 Å². The van der Waals surface area contributed by atoms with Gasteiger partial charge in [-0.3, -0.25) is 14.4 Å². The van der Waals surface area contributed by atoms with E-state index >= 15 is 0 Å². The molecular weight excluding hydrogens is 606 g/mol. The summed E-state index contributed by atoms with van der Waals surface area (Å²) in [5, 5.41) is 26.7. The maximum Gasteiger partial charge on any atom is 0.339 e. The number of thioether (sulfide) groups is 1. The van der Waals surface area contributed by atoms with Crippen LogP contribution in [0.15, 0.2) is 108 Å². The molecule has 4 aromatic rings. The van der Waals surface area contributed by atoms with E-state index in [1.807, 2.05) is 13.8 Å². The predicted molar refractivity (Wildman–Crippen MR) is 178 cm³/mol. The summed E-state index contributed by atoms with van der Waals surface area (Å²) >= 11 is 1.27. The lowest BCUT2D eigenvalue weighted by molar-refractivity contribution is -0.116. The number of carboxylic acids is 1. The van der Waals surface area contributed by atoms with Crippen molar-refractivity contribution in [2.45, 2.75) is 30.4 Å². The number of rotatable bonds is 13. The molecule has 4 aromatic carbocycles. The zero-order chi connectivity index (χ0) is 33.1. The van der Waals surface area contributed by atoms with Gasteiger partial charge in [0.05, 0.1) is 11.9 Å². The molecule has 10 nitrogen and oxygen atoms in total. The molecule has 3 amide bonds. The Morgan fingerprint density at radius 1 is 0.848 bits per heavy atom. The molecule has 0 aliphatic heterocycles. The summed E-state index contributed by atoms with van der Waals surface area (Å²) in [4.78, 5) is 51.6. The Labute approximate surface area is 270 Å². The van der Waals surface area contributed by atoms with Crippen molar-refractivity contribution in [1.82, 2.24) is 5.32 Å². The van der Waals surface area contributed by atoms with Crippen molar-refractivity contribution >= 4 is 52.9 Å². The third kappa shape index (κ3) is 9.23. The van der Waals surface area contributed by atoms with Crippen LogP contribution in [0.1, 0.15) is 46.5 Å². The highest BCUT2D eigenvalue weighted by molar-refractivity contribution is 8.00. The molecule has 0 aliphatic rings. The number of benzene rings is 4. The number of aromatic hydroxyl groups is 1. The highest BCUT2D eigenvalue weighted by Crippen LogP contribution is 2.29. The predicted octanol–water partition coefficient (Wildman–Crippen LogP) is 6.41. The summed E-state index contributed by atoms with van der Waals surface area (Å²) in [5.74, 6) is -2.38. The molecule has 1 atom stereocenters. The van der Waals surface area contributed by atoms with E-state index < -0.39 is 28.8 Å². The highest BCUT2D eigenvalue weighted by Gasteiger charge is 2.20. The lowest BCUT2D eigenvalue weighted by Gasteiger charge is -2.16. The lowest BCUT2D eigenvalue weighted by atomic mass is 10.1. The van der Waals surface area contributed by atoms with Crippen LogP contribution >= 0.6 is 11.8 Å². The number of carboxylic acid groups (broad SMARTS) is 1. The number of phenols is 1. The fourth-order valence-corrected chi connectivity index (χ4v) is 5.29. The van der Waals surface area contributed by atoms with Crippen molar-refractivity contribution in [2.24, 2.45) is 0 Å². The molecule has 0 saturated carbocycles. The standard InChI is InChI=1S/C35H33N3O7S/c1-3-31(34(42)37-25-15-18-30(39)28(21-25)35(43)44)46-27-12-8-11-24(20-27)36-33(41)29(38-32(40)23-9-6-5-7-10-23)19-22-13-16-26(17-14-22)45-4-2/h5-21,31,39H,3-4H2,1-2H3,(H,36,41)(H,37,42)(H,38,40)(H,43,44)/b29-19+. The molecular formula is C35H33N3O7S. The number of hydrogen-bond donors (Lipinski definition) is 5. The van der Waals surface area contributed by atoms with Crippen molar-refractivity contribution < 1.29 is 34.1 Å². The molecule has 5 N–H and O–H groups in total. The molecule has 0 fully saturated rings. The van der Waals surface area contributed by atoms with Gasteiger partial charge in [0, 0.05) is 21.8 Å². The number of hydrogen-bond acceptors (Lipinski definition) is 7. The number of carbonyl (C=O) groups is 4. The first-order chi connectivity index (χ1) is 22.2. The Kier molecular flexibility index (Phi) is 11.6. The van der Waals surface area contributed by atoms with Crippen LogP contribution in [0.5, 0.6) is 11.5 Å². The highest BCUT2D eigenvalue weighted by atomic mass is 32.2. The van der Waals surface area contributed by atoms with Gasteiger partial charge in [-0.15, -0.1) is 11.8 Å². The van der Waals surface area contributed by atoms with E-state index in [0.29, 0.717) is 40.5 Å². The molecule has 11 heteroatoms. The molecule has 0 aromatic heterocycles. The minimum absolute atomic E-state index is 0.0245. The molecule has 1 unspecified atom stereocenters. The van der Waals surface area contributed by atoms with Gasteiger partial charge in [0.2, 0.25) is 5.91 Å². The van der Waals surface area contributed by atoms with Crippen LogP contribution < -0.4 is 20.7 Å². The number of nitrogens with one attached hydrogen (secondary N) is 3. The molecule has 4 rings (SSSR count). The van der Waals surface area contributed by atoms with Gasteiger partial charge in [0.15, 0.2) is 0 Å². The zero-order valence-electron chi connectivity index (χ0n) is 25.2.